The van der Waals surface area contributed by atoms with Crippen LogP contribution in [-0.4, -0.2) is 37.9 Å². The molecular weight excluding hydrogens is 174 g/mol. The van der Waals surface area contributed by atoms with E-state index in [1.807, 2.05) is 6.08 Å². The first-order valence-corrected chi connectivity index (χ1v) is 4.64. The minimum Gasteiger partial charge on any atom is -0.390 e. The van der Waals surface area contributed by atoms with Crippen LogP contribution >= 0.6 is 0 Å². The summed E-state index contributed by atoms with van der Waals surface area (Å²) in [7, 11) is 1.62. The molecule has 0 radical (unpaired) electrons. The molecule has 80 valence electrons. The van der Waals surface area contributed by atoms with Gasteiger partial charge in [0, 0.05) is 13.6 Å². The van der Waals surface area contributed by atoms with E-state index in [4.69, 9.17) is 5.73 Å². The van der Waals surface area contributed by atoms with Gasteiger partial charge in [-0.25, -0.2) is 0 Å². The minimum absolute atomic E-state index is 1.08. The van der Waals surface area contributed by atoms with E-state index < -0.39 is 0 Å². The van der Waals surface area contributed by atoms with Gasteiger partial charge in [0.15, 0.2) is 0 Å². The molecule has 2 N–H and O–H groups in total. The molecule has 1 heterocycles. The number of hydrogen-bond acceptors (Lipinski definition) is 2. The van der Waals surface area contributed by atoms with Crippen LogP contribution in [0.1, 0.15) is 12.8 Å². The Morgan fingerprint density at radius 2 is 1.86 bits per heavy atom. The second kappa shape index (κ2) is 14.3. The van der Waals surface area contributed by atoms with Gasteiger partial charge < -0.3 is 5.73 Å². The van der Waals surface area contributed by atoms with Gasteiger partial charge in [-0.3, -0.25) is 9.89 Å². The van der Waals surface area contributed by atoms with E-state index in [2.05, 4.69) is 29.3 Å². The Morgan fingerprint density at radius 1 is 1.43 bits per heavy atom. The van der Waals surface area contributed by atoms with Gasteiger partial charge >= 0.3 is 0 Å². The summed E-state index contributed by atoms with van der Waals surface area (Å²) in [5.74, 6) is 0. The van der Waals surface area contributed by atoms with Gasteiger partial charge in [-0.05, 0) is 25.9 Å². The van der Waals surface area contributed by atoms with Gasteiger partial charge in [0.25, 0.3) is 0 Å². The molecule has 1 aliphatic rings. The summed E-state index contributed by atoms with van der Waals surface area (Å²) in [5.41, 5.74) is 4.74. The van der Waals surface area contributed by atoms with Gasteiger partial charge in [0.2, 0.25) is 0 Å². The lowest BCUT2D eigenvalue weighted by Gasteiger charge is -2.09. The lowest BCUT2D eigenvalue weighted by molar-refractivity contribution is 0.377. The van der Waals surface area contributed by atoms with Gasteiger partial charge in [-0.2, -0.15) is 0 Å². The van der Waals surface area contributed by atoms with Gasteiger partial charge in [0.05, 0.1) is 6.34 Å². The van der Waals surface area contributed by atoms with Crippen molar-refractivity contribution in [1.82, 2.24) is 4.90 Å². The van der Waals surface area contributed by atoms with E-state index in [1.54, 1.807) is 7.05 Å². The highest BCUT2D eigenvalue weighted by Crippen LogP contribution is 2.05. The SMILES string of the molecule is C#C.C=CCN1CCCC1.CN=CN. The van der Waals surface area contributed by atoms with Crippen LogP contribution in [-0.2, 0) is 0 Å². The third-order valence-electron chi connectivity index (χ3n) is 1.74. The smallest absolute Gasteiger partial charge is 0.0794 e. The second-order valence-corrected chi connectivity index (χ2v) is 2.70. The van der Waals surface area contributed by atoms with Crippen molar-refractivity contribution in [2.24, 2.45) is 10.7 Å². The summed E-state index contributed by atoms with van der Waals surface area (Å²) < 4.78 is 0. The summed E-state index contributed by atoms with van der Waals surface area (Å²) in [6, 6.07) is 0. The maximum absolute atomic E-state index is 4.74. The van der Waals surface area contributed by atoms with Crippen molar-refractivity contribution >= 4 is 6.34 Å². The van der Waals surface area contributed by atoms with E-state index in [9.17, 15) is 0 Å². The first-order chi connectivity index (χ1) is 6.85. The van der Waals surface area contributed by atoms with Crippen LogP contribution in [0.5, 0.6) is 0 Å². The Bertz CT molecular complexity index is 151. The van der Waals surface area contributed by atoms with Crippen molar-refractivity contribution in [3.63, 3.8) is 0 Å². The third-order valence-corrected chi connectivity index (χ3v) is 1.74. The second-order valence-electron chi connectivity index (χ2n) is 2.70. The monoisotopic (exact) mass is 195 g/mol. The molecule has 14 heavy (non-hydrogen) atoms. The molecule has 0 aromatic heterocycles. The largest absolute Gasteiger partial charge is 0.390 e. The fraction of sp³-hybridized carbons (Fsp3) is 0.545. The third kappa shape index (κ3) is 10.7. The molecule has 3 nitrogen and oxygen atoms in total. The van der Waals surface area contributed by atoms with E-state index in [0.29, 0.717) is 0 Å². The van der Waals surface area contributed by atoms with Crippen molar-refractivity contribution < 1.29 is 0 Å². The van der Waals surface area contributed by atoms with Crippen molar-refractivity contribution in [1.29, 1.82) is 0 Å². The summed E-state index contributed by atoms with van der Waals surface area (Å²) in [6.07, 6.45) is 14.0. The standard InChI is InChI=1S/C7H13N.C2H6N2.C2H2/c1-2-5-8-6-3-4-7-8;1-4-2-3;1-2/h2H,1,3-7H2;2H,1H3,(H2,3,4);1-2H. The zero-order chi connectivity index (χ0) is 11.2. The number of hydrogen-bond donors (Lipinski definition) is 1. The summed E-state index contributed by atoms with van der Waals surface area (Å²) in [4.78, 5) is 5.81. The molecule has 0 atom stereocenters. The van der Waals surface area contributed by atoms with Crippen LogP contribution in [0.3, 0.4) is 0 Å². The average Bonchev–Trinajstić information content (AvgIpc) is 2.75. The molecule has 1 fully saturated rings. The Labute approximate surface area is 87.7 Å². The van der Waals surface area contributed by atoms with E-state index in [-0.39, 0.29) is 0 Å². The van der Waals surface area contributed by atoms with Gasteiger partial charge in [-0.1, -0.05) is 6.08 Å². The van der Waals surface area contributed by atoms with Crippen LogP contribution in [0.4, 0.5) is 0 Å². The summed E-state index contributed by atoms with van der Waals surface area (Å²) >= 11 is 0. The van der Waals surface area contributed by atoms with Crippen molar-refractivity contribution in [2.45, 2.75) is 12.8 Å². The highest BCUT2D eigenvalue weighted by atomic mass is 15.1. The minimum atomic E-state index is 1.08. The van der Waals surface area contributed by atoms with E-state index in [0.717, 1.165) is 6.54 Å². The number of nitrogens with zero attached hydrogens (tertiary/aromatic N) is 2. The van der Waals surface area contributed by atoms with E-state index >= 15 is 0 Å². The molecule has 0 aromatic rings. The number of likely N-dealkylation sites (tertiary alicyclic amines) is 1. The first-order valence-electron chi connectivity index (χ1n) is 4.64. The highest BCUT2D eigenvalue weighted by Gasteiger charge is 2.07. The van der Waals surface area contributed by atoms with Gasteiger partial charge in [0.1, 0.15) is 0 Å². The van der Waals surface area contributed by atoms with Gasteiger partial charge in [-0.15, -0.1) is 19.4 Å². The van der Waals surface area contributed by atoms with Crippen molar-refractivity contribution in [3.05, 3.63) is 12.7 Å². The summed E-state index contributed by atoms with van der Waals surface area (Å²) in [5, 5.41) is 0. The molecule has 1 saturated heterocycles. The Morgan fingerprint density at radius 3 is 2.14 bits per heavy atom. The topological polar surface area (TPSA) is 41.6 Å². The fourth-order valence-corrected chi connectivity index (χ4v) is 1.15. The molecule has 1 rings (SSSR count). The van der Waals surface area contributed by atoms with Crippen LogP contribution < -0.4 is 5.73 Å². The molecular formula is C11H21N3. The Kier molecular flexibility index (Phi) is 15.5. The van der Waals surface area contributed by atoms with Crippen LogP contribution in [0.15, 0.2) is 17.6 Å². The van der Waals surface area contributed by atoms with E-state index in [1.165, 1.54) is 32.3 Å². The van der Waals surface area contributed by atoms with Crippen molar-refractivity contribution in [2.75, 3.05) is 26.7 Å². The molecule has 0 unspecified atom stereocenters. The average molecular weight is 195 g/mol. The number of aliphatic imine (C=N–C) groups is 1. The highest BCUT2D eigenvalue weighted by molar-refractivity contribution is 5.50. The normalized spacial score (nSPS) is 15.1. The molecule has 0 saturated carbocycles. The molecule has 0 aliphatic carbocycles. The molecule has 0 amide bonds. The number of rotatable bonds is 2. The van der Waals surface area contributed by atoms with Crippen LogP contribution in [0.25, 0.3) is 0 Å². The molecule has 3 heteroatoms. The molecule has 0 spiro atoms. The Hall–Kier alpha value is -1.27. The first kappa shape index (κ1) is 15.2. The lowest BCUT2D eigenvalue weighted by atomic mass is 10.4. The predicted molar refractivity (Wildman–Crippen MR) is 64.4 cm³/mol. The fourth-order valence-electron chi connectivity index (χ4n) is 1.15. The maximum atomic E-state index is 4.74. The molecule has 0 bridgehead atoms. The quantitative estimate of drug-likeness (QED) is 0.310. The predicted octanol–water partition coefficient (Wildman–Crippen LogP) is 1.12. The number of nitrogens with two attached hydrogens (primary N) is 1. The molecule has 1 aliphatic heterocycles. The Balaban J connectivity index is 0. The number of terminal acetylenes is 1. The molecule has 0 aromatic carbocycles. The maximum Gasteiger partial charge on any atom is 0.0794 e. The zero-order valence-corrected chi connectivity index (χ0v) is 9.02. The van der Waals surface area contributed by atoms with Crippen LogP contribution in [0.2, 0.25) is 0 Å². The van der Waals surface area contributed by atoms with Crippen LogP contribution in [0, 0.1) is 12.8 Å². The summed E-state index contributed by atoms with van der Waals surface area (Å²) in [6.45, 7) is 7.33. The zero-order valence-electron chi connectivity index (χ0n) is 9.02. The lowest BCUT2D eigenvalue weighted by Crippen LogP contribution is -2.18. The van der Waals surface area contributed by atoms with Crippen molar-refractivity contribution in [3.8, 4) is 12.8 Å².